The van der Waals surface area contributed by atoms with Crippen molar-refractivity contribution in [1.29, 1.82) is 0 Å². The first-order chi connectivity index (χ1) is 13.1. The summed E-state index contributed by atoms with van der Waals surface area (Å²) in [6.45, 7) is -0.285. The van der Waals surface area contributed by atoms with Gasteiger partial charge in [0.15, 0.2) is 0 Å². The maximum Gasteiger partial charge on any atom is 0.325 e. The Morgan fingerprint density at radius 1 is 1.07 bits per heavy atom. The summed E-state index contributed by atoms with van der Waals surface area (Å²) < 4.78 is 0. The molecule has 4 amide bonds. The minimum Gasteiger partial charge on any atom is -0.325 e. The van der Waals surface area contributed by atoms with Gasteiger partial charge < -0.3 is 10.6 Å². The molecule has 1 heterocycles. The van der Waals surface area contributed by atoms with Crippen molar-refractivity contribution in [3.05, 3.63) is 65.2 Å². The summed E-state index contributed by atoms with van der Waals surface area (Å²) in [5.41, 5.74) is 4.24. The van der Waals surface area contributed by atoms with E-state index in [2.05, 4.69) is 10.6 Å². The first kappa shape index (κ1) is 17.3. The fraction of sp³-hybridized carbons (Fsp3) is 0.286. The molecule has 1 aliphatic carbocycles. The Bertz CT molecular complexity index is 895. The molecule has 1 atom stereocenters. The Kier molecular flexibility index (Phi) is 4.62. The summed E-state index contributed by atoms with van der Waals surface area (Å²) in [4.78, 5) is 38.0. The molecule has 138 valence electrons. The average Bonchev–Trinajstić information content (AvgIpc) is 3.22. The lowest BCUT2D eigenvalue weighted by Gasteiger charge is -2.13. The van der Waals surface area contributed by atoms with Crippen LogP contribution in [0.2, 0.25) is 0 Å². The first-order valence-corrected chi connectivity index (χ1v) is 9.17. The van der Waals surface area contributed by atoms with E-state index in [9.17, 15) is 14.4 Å². The Morgan fingerprint density at radius 3 is 2.67 bits per heavy atom. The Balaban J connectivity index is 1.37. The van der Waals surface area contributed by atoms with Crippen molar-refractivity contribution in [3.8, 4) is 0 Å². The van der Waals surface area contributed by atoms with Crippen LogP contribution < -0.4 is 10.6 Å². The lowest BCUT2D eigenvalue weighted by molar-refractivity contribution is -0.130. The number of urea groups is 1. The Hall–Kier alpha value is -3.15. The van der Waals surface area contributed by atoms with Crippen molar-refractivity contribution in [3.63, 3.8) is 0 Å². The lowest BCUT2D eigenvalue weighted by atomic mass is 10.1. The van der Waals surface area contributed by atoms with Crippen molar-refractivity contribution in [2.75, 3.05) is 11.9 Å². The molecule has 0 saturated carbocycles. The normalized spacial score (nSPS) is 18.4. The number of hydrogen-bond donors (Lipinski definition) is 2. The number of fused-ring (bicyclic) bond motifs is 1. The van der Waals surface area contributed by atoms with Gasteiger partial charge in [0.05, 0.1) is 0 Å². The SMILES string of the molecule is O=C(CN1C(=O)N[C@@H](Cc2ccccc2)C1=O)Nc1ccc2c(c1)CCC2. The average molecular weight is 363 g/mol. The molecule has 2 aromatic rings. The second-order valence-corrected chi connectivity index (χ2v) is 7.00. The van der Waals surface area contributed by atoms with Gasteiger partial charge in [0, 0.05) is 12.1 Å². The molecule has 4 rings (SSSR count). The smallest absolute Gasteiger partial charge is 0.325 e. The summed E-state index contributed by atoms with van der Waals surface area (Å²) in [7, 11) is 0. The molecule has 1 fully saturated rings. The minimum atomic E-state index is -0.632. The van der Waals surface area contributed by atoms with Crippen LogP contribution in [0.4, 0.5) is 10.5 Å². The number of anilines is 1. The van der Waals surface area contributed by atoms with E-state index in [0.717, 1.165) is 29.7 Å². The Morgan fingerprint density at radius 2 is 1.85 bits per heavy atom. The van der Waals surface area contributed by atoms with Crippen molar-refractivity contribution < 1.29 is 14.4 Å². The van der Waals surface area contributed by atoms with E-state index >= 15 is 0 Å². The van der Waals surface area contributed by atoms with Crippen LogP contribution in [0.15, 0.2) is 48.5 Å². The topological polar surface area (TPSA) is 78.5 Å². The number of hydrogen-bond acceptors (Lipinski definition) is 3. The van der Waals surface area contributed by atoms with Crippen LogP contribution in [0, 0.1) is 0 Å². The number of carbonyl (C=O) groups excluding carboxylic acids is 3. The highest BCUT2D eigenvalue weighted by molar-refractivity contribution is 6.08. The van der Waals surface area contributed by atoms with E-state index in [4.69, 9.17) is 0 Å². The molecular formula is C21H21N3O3. The van der Waals surface area contributed by atoms with Crippen LogP contribution in [0.5, 0.6) is 0 Å². The fourth-order valence-electron chi connectivity index (χ4n) is 3.71. The van der Waals surface area contributed by atoms with E-state index in [1.54, 1.807) is 0 Å². The third-order valence-corrected chi connectivity index (χ3v) is 5.07. The lowest BCUT2D eigenvalue weighted by Crippen LogP contribution is -2.38. The number of nitrogens with zero attached hydrogens (tertiary/aromatic N) is 1. The van der Waals surface area contributed by atoms with E-state index in [-0.39, 0.29) is 18.4 Å². The maximum absolute atomic E-state index is 12.5. The molecular weight excluding hydrogens is 342 g/mol. The standard InChI is InChI=1S/C21H21N3O3/c25-19(22-17-10-9-15-7-4-8-16(15)12-17)13-24-20(26)18(23-21(24)27)11-14-5-2-1-3-6-14/h1-3,5-6,9-10,12,18H,4,7-8,11,13H2,(H,22,25)(H,23,27)/t18-/m0/s1. The fourth-order valence-corrected chi connectivity index (χ4v) is 3.71. The predicted octanol–water partition coefficient (Wildman–Crippen LogP) is 2.28. The van der Waals surface area contributed by atoms with Gasteiger partial charge in [-0.1, -0.05) is 36.4 Å². The summed E-state index contributed by atoms with van der Waals surface area (Å²) in [5.74, 6) is -0.746. The van der Waals surface area contributed by atoms with Gasteiger partial charge in [0.25, 0.3) is 5.91 Å². The van der Waals surface area contributed by atoms with Gasteiger partial charge in [0.2, 0.25) is 5.91 Å². The van der Waals surface area contributed by atoms with Crippen molar-refractivity contribution in [1.82, 2.24) is 10.2 Å². The highest BCUT2D eigenvalue weighted by Gasteiger charge is 2.38. The molecule has 6 nitrogen and oxygen atoms in total. The number of benzene rings is 2. The largest absolute Gasteiger partial charge is 0.325 e. The third-order valence-electron chi connectivity index (χ3n) is 5.07. The number of nitrogens with one attached hydrogen (secondary N) is 2. The van der Waals surface area contributed by atoms with Gasteiger partial charge in [-0.25, -0.2) is 4.79 Å². The molecule has 0 bridgehead atoms. The number of aryl methyl sites for hydroxylation is 2. The predicted molar refractivity (Wildman–Crippen MR) is 101 cm³/mol. The van der Waals surface area contributed by atoms with Crippen molar-refractivity contribution in [2.45, 2.75) is 31.7 Å². The molecule has 0 aromatic heterocycles. The van der Waals surface area contributed by atoms with Crippen LogP contribution in [0.25, 0.3) is 0 Å². The van der Waals surface area contributed by atoms with Gasteiger partial charge >= 0.3 is 6.03 Å². The third kappa shape index (κ3) is 3.69. The van der Waals surface area contributed by atoms with Gasteiger partial charge in [0.1, 0.15) is 12.6 Å². The Labute approximate surface area is 157 Å². The van der Waals surface area contributed by atoms with Crippen LogP contribution >= 0.6 is 0 Å². The molecule has 2 N–H and O–H groups in total. The zero-order valence-electron chi connectivity index (χ0n) is 14.9. The highest BCUT2D eigenvalue weighted by Crippen LogP contribution is 2.25. The molecule has 2 aromatic carbocycles. The molecule has 0 radical (unpaired) electrons. The van der Waals surface area contributed by atoms with Gasteiger partial charge in [-0.2, -0.15) is 0 Å². The second kappa shape index (κ2) is 7.23. The first-order valence-electron chi connectivity index (χ1n) is 9.17. The molecule has 0 unspecified atom stereocenters. The number of carbonyl (C=O) groups is 3. The van der Waals surface area contributed by atoms with E-state index in [1.165, 1.54) is 11.1 Å². The van der Waals surface area contributed by atoms with Crippen molar-refractivity contribution in [2.24, 2.45) is 0 Å². The molecule has 0 spiro atoms. The van der Waals surface area contributed by atoms with Gasteiger partial charge in [-0.05, 0) is 48.1 Å². The van der Waals surface area contributed by atoms with Gasteiger partial charge in [-0.3, -0.25) is 14.5 Å². The van der Waals surface area contributed by atoms with Crippen LogP contribution in [-0.2, 0) is 28.9 Å². The monoisotopic (exact) mass is 363 g/mol. The van der Waals surface area contributed by atoms with E-state index in [0.29, 0.717) is 12.1 Å². The molecule has 1 saturated heterocycles. The number of amides is 4. The molecule has 2 aliphatic rings. The molecule has 6 heteroatoms. The van der Waals surface area contributed by atoms with Gasteiger partial charge in [-0.15, -0.1) is 0 Å². The maximum atomic E-state index is 12.5. The summed E-state index contributed by atoms with van der Waals surface area (Å²) in [5, 5.41) is 5.45. The summed E-state index contributed by atoms with van der Waals surface area (Å²) in [6.07, 6.45) is 3.65. The van der Waals surface area contributed by atoms with E-state index < -0.39 is 12.1 Å². The summed E-state index contributed by atoms with van der Waals surface area (Å²) in [6, 6.07) is 14.2. The molecule has 1 aliphatic heterocycles. The highest BCUT2D eigenvalue weighted by atomic mass is 16.2. The molecule has 27 heavy (non-hydrogen) atoms. The number of imide groups is 1. The quantitative estimate of drug-likeness (QED) is 0.800. The zero-order valence-corrected chi connectivity index (χ0v) is 14.9. The van der Waals surface area contributed by atoms with Crippen LogP contribution in [0.3, 0.4) is 0 Å². The van der Waals surface area contributed by atoms with Crippen LogP contribution in [-0.4, -0.2) is 35.3 Å². The second-order valence-electron chi connectivity index (χ2n) is 7.00. The number of rotatable bonds is 5. The zero-order chi connectivity index (χ0) is 18.8. The van der Waals surface area contributed by atoms with Crippen LogP contribution in [0.1, 0.15) is 23.1 Å². The van der Waals surface area contributed by atoms with Crippen molar-refractivity contribution >= 4 is 23.5 Å². The summed E-state index contributed by atoms with van der Waals surface area (Å²) >= 11 is 0. The minimum absolute atomic E-state index is 0.285. The van der Waals surface area contributed by atoms with E-state index in [1.807, 2.05) is 48.5 Å².